The monoisotopic (exact) mass is 234 g/mol. The van der Waals surface area contributed by atoms with E-state index >= 15 is 0 Å². The first-order valence-electron chi connectivity index (χ1n) is 5.20. The van der Waals surface area contributed by atoms with Crippen LogP contribution in [0, 0.1) is 5.92 Å². The van der Waals surface area contributed by atoms with E-state index in [9.17, 15) is 13.2 Å². The summed E-state index contributed by atoms with van der Waals surface area (Å²) in [5.41, 5.74) is 5.39. The molecule has 1 amide bonds. The van der Waals surface area contributed by atoms with Crippen LogP contribution in [0.4, 0.5) is 0 Å². The molecule has 0 bridgehead atoms. The second-order valence-electron chi connectivity index (χ2n) is 4.15. The van der Waals surface area contributed by atoms with E-state index in [1.807, 2.05) is 6.92 Å². The molecule has 1 fully saturated rings. The minimum Gasteiger partial charge on any atom is -0.330 e. The van der Waals surface area contributed by atoms with Gasteiger partial charge in [-0.2, -0.15) is 0 Å². The van der Waals surface area contributed by atoms with Crippen LogP contribution in [0.5, 0.6) is 0 Å². The Labute approximate surface area is 90.5 Å². The molecule has 5 nitrogen and oxygen atoms in total. The van der Waals surface area contributed by atoms with Crippen LogP contribution in [0.15, 0.2) is 0 Å². The Balaban J connectivity index is 2.29. The quantitative estimate of drug-likeness (QED) is 0.675. The molecule has 1 rings (SSSR count). The van der Waals surface area contributed by atoms with E-state index < -0.39 is 15.9 Å². The highest BCUT2D eigenvalue weighted by molar-refractivity contribution is 7.90. The first-order valence-corrected chi connectivity index (χ1v) is 6.75. The molecule has 6 heteroatoms. The molecule has 0 aromatic rings. The Morgan fingerprint density at radius 2 is 2.13 bits per heavy atom. The highest BCUT2D eigenvalue weighted by Crippen LogP contribution is 2.27. The third-order valence-electron chi connectivity index (χ3n) is 2.49. The normalized spacial score (nSPS) is 18.5. The molecular formula is C9H18N2O3S. The van der Waals surface area contributed by atoms with Crippen LogP contribution in [-0.2, 0) is 14.8 Å². The van der Waals surface area contributed by atoms with Gasteiger partial charge in [0.15, 0.2) is 0 Å². The molecule has 3 N–H and O–H groups in total. The summed E-state index contributed by atoms with van der Waals surface area (Å²) in [4.78, 5) is 11.3. The largest absolute Gasteiger partial charge is 0.330 e. The lowest BCUT2D eigenvalue weighted by Gasteiger charge is -2.08. The lowest BCUT2D eigenvalue weighted by molar-refractivity contribution is -0.119. The van der Waals surface area contributed by atoms with Crippen LogP contribution in [0.1, 0.15) is 32.6 Å². The fourth-order valence-electron chi connectivity index (χ4n) is 1.17. The fraction of sp³-hybridized carbons (Fsp3) is 0.889. The molecule has 15 heavy (non-hydrogen) atoms. The van der Waals surface area contributed by atoms with Gasteiger partial charge in [0.05, 0.1) is 5.25 Å². The van der Waals surface area contributed by atoms with Crippen LogP contribution in [0.3, 0.4) is 0 Å². The van der Waals surface area contributed by atoms with Crippen molar-refractivity contribution in [1.29, 1.82) is 0 Å². The molecule has 1 unspecified atom stereocenters. The van der Waals surface area contributed by atoms with Gasteiger partial charge in [-0.05, 0) is 31.7 Å². The lowest BCUT2D eigenvalue weighted by atomic mass is 10.1. The molecule has 0 saturated heterocycles. The van der Waals surface area contributed by atoms with Gasteiger partial charge in [-0.3, -0.25) is 9.52 Å². The summed E-state index contributed by atoms with van der Waals surface area (Å²) in [6.07, 6.45) is 2.19. The number of hydrogen-bond donors (Lipinski definition) is 2. The highest BCUT2D eigenvalue weighted by Gasteiger charge is 2.36. The number of amides is 1. The van der Waals surface area contributed by atoms with Gasteiger partial charge in [-0.15, -0.1) is 0 Å². The van der Waals surface area contributed by atoms with E-state index in [1.54, 1.807) is 0 Å². The zero-order chi connectivity index (χ0) is 11.5. The number of carbonyl (C=O) groups excluding carboxylic acids is 1. The van der Waals surface area contributed by atoms with Crippen LogP contribution in [0.25, 0.3) is 0 Å². The van der Waals surface area contributed by atoms with Crippen LogP contribution in [-0.4, -0.2) is 26.1 Å². The van der Waals surface area contributed by atoms with Crippen molar-refractivity contribution in [3.63, 3.8) is 0 Å². The van der Waals surface area contributed by atoms with Crippen molar-refractivity contribution >= 4 is 15.9 Å². The van der Waals surface area contributed by atoms with Gasteiger partial charge in [0.25, 0.3) is 0 Å². The maximum atomic E-state index is 11.4. The Morgan fingerprint density at radius 3 is 2.60 bits per heavy atom. The number of nitrogens with two attached hydrogens (primary N) is 1. The summed E-state index contributed by atoms with van der Waals surface area (Å²) in [6.45, 7) is 2.45. The van der Waals surface area contributed by atoms with E-state index in [-0.39, 0.29) is 17.6 Å². The third-order valence-corrected chi connectivity index (χ3v) is 4.35. The molecule has 88 valence electrons. The summed E-state index contributed by atoms with van der Waals surface area (Å²) in [6, 6.07) is 0. The maximum Gasteiger partial charge on any atom is 0.237 e. The molecular weight excluding hydrogens is 216 g/mol. The second kappa shape index (κ2) is 4.94. The van der Waals surface area contributed by atoms with Gasteiger partial charge in [-0.1, -0.05) is 6.92 Å². The standard InChI is InChI=1S/C9H18N2O3S/c1-7(6-10)2-5-9(12)11-15(13,14)8-3-4-8/h7-8H,2-6,10H2,1H3,(H,11,12). The summed E-state index contributed by atoms with van der Waals surface area (Å²) < 4.78 is 24.8. The average molecular weight is 234 g/mol. The van der Waals surface area contributed by atoms with Crippen molar-refractivity contribution < 1.29 is 13.2 Å². The number of hydrogen-bond acceptors (Lipinski definition) is 4. The molecule has 0 aromatic carbocycles. The fourth-order valence-corrected chi connectivity index (χ4v) is 2.51. The Bertz CT molecular complexity index is 322. The minimum absolute atomic E-state index is 0.227. The number of sulfonamides is 1. The molecule has 0 aromatic heterocycles. The second-order valence-corrected chi connectivity index (χ2v) is 6.11. The summed E-state index contributed by atoms with van der Waals surface area (Å²) in [7, 11) is -3.37. The van der Waals surface area contributed by atoms with Crippen molar-refractivity contribution in [2.24, 2.45) is 11.7 Å². The van der Waals surface area contributed by atoms with E-state index in [0.717, 1.165) is 0 Å². The van der Waals surface area contributed by atoms with Crippen molar-refractivity contribution in [3.05, 3.63) is 0 Å². The molecule has 0 radical (unpaired) electrons. The van der Waals surface area contributed by atoms with Gasteiger partial charge < -0.3 is 5.73 Å². The topological polar surface area (TPSA) is 89.3 Å². The van der Waals surface area contributed by atoms with E-state index in [1.165, 1.54) is 0 Å². The Morgan fingerprint density at radius 1 is 1.53 bits per heavy atom. The molecule has 1 saturated carbocycles. The van der Waals surface area contributed by atoms with Crippen LogP contribution >= 0.6 is 0 Å². The minimum atomic E-state index is -3.37. The van der Waals surface area contributed by atoms with Gasteiger partial charge in [0, 0.05) is 6.42 Å². The molecule has 0 spiro atoms. The number of rotatable bonds is 6. The zero-order valence-electron chi connectivity index (χ0n) is 8.90. The van der Waals surface area contributed by atoms with Gasteiger partial charge in [0.2, 0.25) is 15.9 Å². The Hall–Kier alpha value is -0.620. The first kappa shape index (κ1) is 12.4. The van der Waals surface area contributed by atoms with Crippen molar-refractivity contribution in [1.82, 2.24) is 4.72 Å². The highest BCUT2D eigenvalue weighted by atomic mass is 32.2. The van der Waals surface area contributed by atoms with E-state index in [4.69, 9.17) is 5.73 Å². The SMILES string of the molecule is CC(CN)CCC(=O)NS(=O)(=O)C1CC1. The van der Waals surface area contributed by atoms with Crippen LogP contribution < -0.4 is 10.5 Å². The van der Waals surface area contributed by atoms with E-state index in [0.29, 0.717) is 25.8 Å². The number of nitrogens with one attached hydrogen (secondary N) is 1. The maximum absolute atomic E-state index is 11.4. The molecule has 1 atom stereocenters. The molecule has 1 aliphatic carbocycles. The average Bonchev–Trinajstić information content (AvgIpc) is 2.96. The smallest absolute Gasteiger partial charge is 0.237 e. The zero-order valence-corrected chi connectivity index (χ0v) is 9.72. The van der Waals surface area contributed by atoms with Gasteiger partial charge in [-0.25, -0.2) is 8.42 Å². The first-order chi connectivity index (χ1) is 6.95. The van der Waals surface area contributed by atoms with Crippen molar-refractivity contribution in [2.75, 3.05) is 6.54 Å². The van der Waals surface area contributed by atoms with Gasteiger partial charge >= 0.3 is 0 Å². The number of carbonyl (C=O) groups is 1. The summed E-state index contributed by atoms with van der Waals surface area (Å²) in [5, 5.41) is -0.339. The molecule has 0 aliphatic heterocycles. The predicted octanol–water partition coefficient (Wildman–Crippen LogP) is -0.0302. The van der Waals surface area contributed by atoms with Crippen molar-refractivity contribution in [3.8, 4) is 0 Å². The Kier molecular flexibility index (Phi) is 4.10. The lowest BCUT2D eigenvalue weighted by Crippen LogP contribution is -2.33. The van der Waals surface area contributed by atoms with Gasteiger partial charge in [0.1, 0.15) is 0 Å². The predicted molar refractivity (Wildman–Crippen MR) is 57.5 cm³/mol. The van der Waals surface area contributed by atoms with Crippen molar-refractivity contribution in [2.45, 2.75) is 37.9 Å². The summed E-state index contributed by atoms with van der Waals surface area (Å²) >= 11 is 0. The van der Waals surface area contributed by atoms with E-state index in [2.05, 4.69) is 4.72 Å². The molecule has 0 heterocycles. The summed E-state index contributed by atoms with van der Waals surface area (Å²) in [5.74, 6) is -0.165. The third kappa shape index (κ3) is 4.17. The molecule has 1 aliphatic rings. The van der Waals surface area contributed by atoms with Crippen LogP contribution in [0.2, 0.25) is 0 Å².